The summed E-state index contributed by atoms with van der Waals surface area (Å²) in [5.41, 5.74) is 6.60. The van der Waals surface area contributed by atoms with Gasteiger partial charge in [-0.1, -0.05) is 5.16 Å². The number of aryl methyl sites for hydroxylation is 1. The zero-order valence-electron chi connectivity index (χ0n) is 8.95. The van der Waals surface area contributed by atoms with Crippen molar-refractivity contribution in [3.05, 3.63) is 29.8 Å². The van der Waals surface area contributed by atoms with Gasteiger partial charge in [-0.25, -0.2) is 15.0 Å². The minimum Gasteiger partial charge on any atom is -0.409 e. The number of nitrogens with zero attached hydrogens (tertiary/aromatic N) is 4. The van der Waals surface area contributed by atoms with E-state index in [2.05, 4.69) is 25.1 Å². The second kappa shape index (κ2) is 4.83. The maximum Gasteiger partial charge on any atom is 0.196 e. The van der Waals surface area contributed by atoms with E-state index in [1.165, 1.54) is 11.8 Å². The van der Waals surface area contributed by atoms with Gasteiger partial charge in [-0.3, -0.25) is 0 Å². The number of imidazole rings is 1. The Balaban J connectivity index is 2.32. The molecule has 0 spiro atoms. The molecule has 8 heteroatoms. The van der Waals surface area contributed by atoms with Crippen LogP contribution in [0.25, 0.3) is 0 Å². The van der Waals surface area contributed by atoms with Crippen molar-refractivity contribution >= 4 is 17.6 Å². The third-order valence-corrected chi connectivity index (χ3v) is 2.65. The standard InChI is InChI=1S/C9H10N6OS/c1-5-4-6(7(10)15-16)14-9(13-5)17-8-11-2-3-12-8/h2-4,16H,1H3,(H2,10,15)(H,11,12). The Morgan fingerprint density at radius 2 is 2.35 bits per heavy atom. The zero-order valence-corrected chi connectivity index (χ0v) is 9.77. The minimum atomic E-state index is -0.0446. The fourth-order valence-corrected chi connectivity index (χ4v) is 1.91. The first-order valence-electron chi connectivity index (χ1n) is 4.70. The van der Waals surface area contributed by atoms with Crippen LogP contribution in [-0.2, 0) is 0 Å². The lowest BCUT2D eigenvalue weighted by atomic mass is 10.3. The van der Waals surface area contributed by atoms with Crippen LogP contribution in [0.4, 0.5) is 0 Å². The highest BCUT2D eigenvalue weighted by atomic mass is 32.2. The van der Waals surface area contributed by atoms with Crippen LogP contribution in [-0.4, -0.2) is 31.0 Å². The number of H-pyrrole nitrogens is 1. The van der Waals surface area contributed by atoms with Crippen molar-refractivity contribution < 1.29 is 5.21 Å². The molecule has 2 rings (SSSR count). The highest BCUT2D eigenvalue weighted by molar-refractivity contribution is 7.99. The second-order valence-electron chi connectivity index (χ2n) is 3.16. The maximum absolute atomic E-state index is 8.60. The van der Waals surface area contributed by atoms with Crippen LogP contribution in [0.3, 0.4) is 0 Å². The van der Waals surface area contributed by atoms with Crippen LogP contribution in [0.15, 0.2) is 33.9 Å². The van der Waals surface area contributed by atoms with E-state index >= 15 is 0 Å². The van der Waals surface area contributed by atoms with Gasteiger partial charge in [0.1, 0.15) is 5.69 Å². The van der Waals surface area contributed by atoms with Crippen LogP contribution < -0.4 is 5.73 Å². The normalized spacial score (nSPS) is 11.7. The summed E-state index contributed by atoms with van der Waals surface area (Å²) in [5, 5.41) is 12.7. The van der Waals surface area contributed by atoms with Crippen molar-refractivity contribution in [3.8, 4) is 0 Å². The molecule has 7 nitrogen and oxygen atoms in total. The van der Waals surface area contributed by atoms with Gasteiger partial charge in [0.25, 0.3) is 0 Å². The summed E-state index contributed by atoms with van der Waals surface area (Å²) in [6, 6.07) is 1.64. The van der Waals surface area contributed by atoms with Crippen molar-refractivity contribution in [2.45, 2.75) is 17.2 Å². The molecule has 0 aliphatic rings. The van der Waals surface area contributed by atoms with E-state index in [9.17, 15) is 0 Å². The molecular formula is C9H10N6OS. The molecule has 0 atom stereocenters. The lowest BCUT2D eigenvalue weighted by molar-refractivity contribution is 0.318. The van der Waals surface area contributed by atoms with Crippen molar-refractivity contribution in [2.24, 2.45) is 10.9 Å². The molecule has 2 heterocycles. The molecule has 4 N–H and O–H groups in total. The van der Waals surface area contributed by atoms with Crippen LogP contribution in [0.5, 0.6) is 0 Å². The molecule has 0 aliphatic heterocycles. The summed E-state index contributed by atoms with van der Waals surface area (Å²) < 4.78 is 0. The van der Waals surface area contributed by atoms with E-state index in [0.717, 1.165) is 5.69 Å². The Morgan fingerprint density at radius 3 is 3.00 bits per heavy atom. The third kappa shape index (κ3) is 2.72. The van der Waals surface area contributed by atoms with Gasteiger partial charge in [0.2, 0.25) is 0 Å². The SMILES string of the molecule is Cc1cc(/C(N)=N/O)nc(Sc2ncc[nH]2)n1. The molecule has 0 radical (unpaired) electrons. The van der Waals surface area contributed by atoms with E-state index in [1.54, 1.807) is 18.5 Å². The summed E-state index contributed by atoms with van der Waals surface area (Å²) in [6.45, 7) is 1.81. The molecule has 0 saturated heterocycles. The molecule has 2 aromatic heterocycles. The van der Waals surface area contributed by atoms with Gasteiger partial charge in [0.15, 0.2) is 16.1 Å². The Kier molecular flexibility index (Phi) is 3.24. The Hall–Kier alpha value is -2.09. The van der Waals surface area contributed by atoms with Crippen LogP contribution in [0.2, 0.25) is 0 Å². The molecule has 17 heavy (non-hydrogen) atoms. The number of aromatic nitrogens is 4. The van der Waals surface area contributed by atoms with Crippen molar-refractivity contribution in [1.29, 1.82) is 0 Å². The highest BCUT2D eigenvalue weighted by Gasteiger charge is 2.08. The molecule has 0 fully saturated rings. The first-order valence-corrected chi connectivity index (χ1v) is 5.51. The Bertz CT molecular complexity index is 538. The smallest absolute Gasteiger partial charge is 0.196 e. The Morgan fingerprint density at radius 1 is 1.53 bits per heavy atom. The molecule has 0 saturated carbocycles. The average Bonchev–Trinajstić information content (AvgIpc) is 2.80. The van der Waals surface area contributed by atoms with Crippen LogP contribution >= 0.6 is 11.8 Å². The largest absolute Gasteiger partial charge is 0.409 e. The average molecular weight is 250 g/mol. The molecule has 0 aromatic carbocycles. The first-order chi connectivity index (χ1) is 8.19. The van der Waals surface area contributed by atoms with Gasteiger partial charge < -0.3 is 15.9 Å². The lowest BCUT2D eigenvalue weighted by Crippen LogP contribution is -2.16. The summed E-state index contributed by atoms with van der Waals surface area (Å²) in [6.07, 6.45) is 3.35. The molecule has 0 bridgehead atoms. The summed E-state index contributed by atoms with van der Waals surface area (Å²) in [7, 11) is 0. The molecule has 88 valence electrons. The zero-order chi connectivity index (χ0) is 12.3. The predicted molar refractivity (Wildman–Crippen MR) is 62.0 cm³/mol. The van der Waals surface area contributed by atoms with E-state index in [0.29, 0.717) is 16.0 Å². The molecule has 2 aromatic rings. The second-order valence-corrected chi connectivity index (χ2v) is 4.11. The van der Waals surface area contributed by atoms with Crippen molar-refractivity contribution in [1.82, 2.24) is 19.9 Å². The highest BCUT2D eigenvalue weighted by Crippen LogP contribution is 2.20. The van der Waals surface area contributed by atoms with Crippen molar-refractivity contribution in [2.75, 3.05) is 0 Å². The minimum absolute atomic E-state index is 0.0446. The van der Waals surface area contributed by atoms with Gasteiger partial charge in [-0.05, 0) is 24.8 Å². The third-order valence-electron chi connectivity index (χ3n) is 1.86. The van der Waals surface area contributed by atoms with Gasteiger partial charge in [-0.15, -0.1) is 0 Å². The fourth-order valence-electron chi connectivity index (χ4n) is 1.16. The van der Waals surface area contributed by atoms with E-state index in [1.807, 2.05) is 6.92 Å². The number of hydrogen-bond donors (Lipinski definition) is 3. The first kappa shape index (κ1) is 11.4. The van der Waals surface area contributed by atoms with E-state index < -0.39 is 0 Å². The maximum atomic E-state index is 8.60. The molecular weight excluding hydrogens is 240 g/mol. The number of nitrogens with two attached hydrogens (primary N) is 1. The van der Waals surface area contributed by atoms with E-state index in [-0.39, 0.29) is 5.84 Å². The summed E-state index contributed by atoms with van der Waals surface area (Å²) in [4.78, 5) is 15.4. The monoisotopic (exact) mass is 250 g/mol. The topological polar surface area (TPSA) is 113 Å². The number of amidine groups is 1. The quantitative estimate of drug-likeness (QED) is 0.243. The van der Waals surface area contributed by atoms with Gasteiger partial charge >= 0.3 is 0 Å². The van der Waals surface area contributed by atoms with Crippen molar-refractivity contribution in [3.63, 3.8) is 0 Å². The van der Waals surface area contributed by atoms with Gasteiger partial charge in [0.05, 0.1) is 0 Å². The van der Waals surface area contributed by atoms with Gasteiger partial charge in [0, 0.05) is 18.1 Å². The number of nitrogens with one attached hydrogen (secondary N) is 1. The van der Waals surface area contributed by atoms with Crippen LogP contribution in [0.1, 0.15) is 11.4 Å². The summed E-state index contributed by atoms with van der Waals surface area (Å²) >= 11 is 1.27. The Labute approximate surface area is 101 Å². The lowest BCUT2D eigenvalue weighted by Gasteiger charge is -2.02. The molecule has 0 unspecified atom stereocenters. The number of hydrogen-bond acceptors (Lipinski definition) is 6. The number of rotatable bonds is 3. The van der Waals surface area contributed by atoms with Gasteiger partial charge in [-0.2, -0.15) is 0 Å². The number of oxime groups is 1. The predicted octanol–water partition coefficient (Wildman–Crippen LogP) is 0.754. The van der Waals surface area contributed by atoms with Crippen LogP contribution in [0, 0.1) is 6.92 Å². The fraction of sp³-hybridized carbons (Fsp3) is 0.111. The molecule has 0 aliphatic carbocycles. The van der Waals surface area contributed by atoms with E-state index in [4.69, 9.17) is 10.9 Å². The summed E-state index contributed by atoms with van der Waals surface area (Å²) in [5.74, 6) is -0.0446. The number of aromatic amines is 1. The molecule has 0 amide bonds.